The number of hydrogen-bond acceptors (Lipinski definition) is 3. The lowest BCUT2D eigenvalue weighted by atomic mass is 9.29. The number of fused-ring (bicyclic) bond motifs is 19. The quantitative estimate of drug-likeness (QED) is 0.151. The highest BCUT2D eigenvalue weighted by molar-refractivity contribution is 6.20. The van der Waals surface area contributed by atoms with Crippen molar-refractivity contribution in [2.45, 2.75) is 338 Å². The number of para-hydroxylation sites is 7. The van der Waals surface area contributed by atoms with Crippen LogP contribution in [-0.2, 0) is 37.4 Å². The molecule has 4 atom stereocenters. The van der Waals surface area contributed by atoms with Crippen LogP contribution in [0.15, 0.2) is 243 Å². The molecule has 724 valence electrons. The van der Waals surface area contributed by atoms with Crippen LogP contribution in [0.25, 0.3) is 87.0 Å². The van der Waals surface area contributed by atoms with Crippen molar-refractivity contribution in [2.24, 2.45) is 64.5 Å². The highest BCUT2D eigenvalue weighted by Crippen LogP contribution is 2.81. The summed E-state index contributed by atoms with van der Waals surface area (Å²) < 4.78 is 6.79. The molecule has 2 aliphatic carbocycles. The van der Waals surface area contributed by atoms with E-state index in [0.29, 0.717) is 0 Å². The minimum atomic E-state index is 0.0478. The molecule has 19 rings (SSSR count). The highest BCUT2D eigenvalue weighted by Gasteiger charge is 2.80. The van der Waals surface area contributed by atoms with Gasteiger partial charge in [0.2, 0.25) is 0 Å². The Kier molecular flexibility index (Phi) is 39.2. The predicted molar refractivity (Wildman–Crippen MR) is 603 cm³/mol. The lowest BCUT2D eigenvalue weighted by Crippen LogP contribution is -2.79. The molecule has 2 fully saturated rings. The number of rotatable bonds is 0. The van der Waals surface area contributed by atoms with Crippen LogP contribution >= 0.6 is 0 Å². The molecule has 4 unspecified atom stereocenters. The first kappa shape index (κ1) is 115. The lowest BCUT2D eigenvalue weighted by molar-refractivity contribution is -0.224. The Morgan fingerprint density at radius 1 is 0.182 bits per heavy atom. The molecule has 6 heteroatoms. The van der Waals surface area contributed by atoms with Gasteiger partial charge >= 0.3 is 0 Å². The van der Waals surface area contributed by atoms with Crippen LogP contribution in [-0.4, -0.2) is 51.5 Å². The Morgan fingerprint density at radius 3 is 0.788 bits per heavy atom. The largest absolute Gasteiger partial charge is 0.368 e. The van der Waals surface area contributed by atoms with Crippen molar-refractivity contribution < 1.29 is 0 Å². The van der Waals surface area contributed by atoms with Crippen molar-refractivity contribution in [3.8, 4) is 0 Å². The molecule has 2 saturated carbocycles. The van der Waals surface area contributed by atoms with Crippen molar-refractivity contribution in [1.29, 1.82) is 0 Å². The summed E-state index contributed by atoms with van der Waals surface area (Å²) >= 11 is 0. The normalized spacial score (nSPS) is 20.9. The Morgan fingerprint density at radius 2 is 0.432 bits per heavy atom. The Balaban J connectivity index is 0.000000321. The van der Waals surface area contributed by atoms with Gasteiger partial charge in [-0.3, -0.25) is 0 Å². The molecule has 132 heavy (non-hydrogen) atoms. The third kappa shape index (κ3) is 17.4. The second kappa shape index (κ2) is 44.9. The van der Waals surface area contributed by atoms with Crippen molar-refractivity contribution >= 4 is 104 Å². The first-order chi connectivity index (χ1) is 62.2. The second-order valence-corrected chi connectivity index (χ2v) is 39.9. The summed E-state index contributed by atoms with van der Waals surface area (Å²) in [6, 6.07) is 87.3. The van der Waals surface area contributed by atoms with Gasteiger partial charge in [0.1, 0.15) is 0 Å². The molecule has 0 spiro atoms. The van der Waals surface area contributed by atoms with Crippen LogP contribution in [0.4, 0.5) is 17.1 Å². The van der Waals surface area contributed by atoms with Gasteiger partial charge < -0.3 is 28.4 Å². The number of likely N-dealkylation sites (N-methyl/N-ethyl adjacent to an activating group) is 3. The third-order valence-electron chi connectivity index (χ3n) is 35.9. The van der Waals surface area contributed by atoms with E-state index in [4.69, 9.17) is 0 Å². The fourth-order valence-electron chi connectivity index (χ4n) is 23.9. The van der Waals surface area contributed by atoms with Crippen LogP contribution in [0, 0.1) is 43.3 Å². The zero-order valence-corrected chi connectivity index (χ0v) is 93.8. The van der Waals surface area contributed by atoms with E-state index in [-0.39, 0.29) is 76.2 Å². The Hall–Kier alpha value is -9.26. The zero-order valence-electron chi connectivity index (χ0n) is 93.8. The Labute approximate surface area is 809 Å². The van der Waals surface area contributed by atoms with Crippen LogP contribution in [0.5, 0.6) is 0 Å². The summed E-state index contributed by atoms with van der Waals surface area (Å²) in [4.78, 5) is 7.59. The van der Waals surface area contributed by atoms with Crippen LogP contribution in [0.2, 0.25) is 0 Å². The molecule has 0 radical (unpaired) electrons. The molecular formula is C126H190N6. The highest BCUT2D eigenvalue weighted by atomic mass is 15.3. The van der Waals surface area contributed by atoms with Crippen molar-refractivity contribution in [1.82, 2.24) is 13.7 Å². The van der Waals surface area contributed by atoms with Crippen molar-refractivity contribution in [3.05, 3.63) is 259 Å². The van der Waals surface area contributed by atoms with E-state index >= 15 is 0 Å². The summed E-state index contributed by atoms with van der Waals surface area (Å²) in [6.07, 6.45) is 0. The van der Waals surface area contributed by atoms with Gasteiger partial charge in [0, 0.05) is 147 Å². The lowest BCUT2D eigenvalue weighted by Gasteiger charge is -2.76. The zero-order chi connectivity index (χ0) is 101. The standard InChI is InChI=1S/2C23H37N.2C17H13N.C13H11N.C13H19N.10C2H6/c2*1-18(2)19(3,4)21(7,8)23(10)22(9,20(18,5)6)16-14-12-13-15-17(16)24(23)11;1-18-16-9-5-4-8-14(16)15-10-12-6-2-3-7-13(12)11-17(15)18;1-18-15-9-5-4-8-14(15)17-13-7-3-2-6-12(13)10-11-16(17)18;1-14-12-8-4-2-6-10(12)11-7-3-5-9-13(11)14;1-12(2)10-8-6-7-9-11(10)14(5)13(12,3)4;10*1-2/h2*12-15H,1-11H3;2*2-11H,1H3;2-9H,1H3;6-9H,1-5H3;10*1-2H3. The SMILES string of the molecule is CC.CC.CC.CC.CC.CC.CC.CC.CC.CC.CN1c2ccccc2C(C)(C)C1(C)C.CN1c2ccccc2C2(C)C(C)(C)C(C)(C)C(C)(C)C(C)(C)C12C.CN1c2ccccc2C2(C)C(C)(C)C(C)(C)C(C)(C)C(C)(C)C12C.Cn1c2ccccc2c2c3ccccc3ccc21.Cn1c2ccccc2c2cc3ccccc3cc21.Cn1c2ccccc2c2ccccc21. The van der Waals surface area contributed by atoms with Crippen LogP contribution in [0.3, 0.4) is 0 Å². The number of aromatic nitrogens is 3. The van der Waals surface area contributed by atoms with Crippen LogP contribution < -0.4 is 14.7 Å². The predicted octanol–water partition coefficient (Wildman–Crippen LogP) is 38.3. The molecule has 6 nitrogen and oxygen atoms in total. The van der Waals surface area contributed by atoms with Gasteiger partial charge in [0.05, 0.1) is 11.1 Å². The van der Waals surface area contributed by atoms with Gasteiger partial charge in [-0.2, -0.15) is 0 Å². The molecule has 0 saturated heterocycles. The topological polar surface area (TPSA) is 24.5 Å². The van der Waals surface area contributed by atoms with E-state index < -0.39 is 0 Å². The van der Waals surface area contributed by atoms with Gasteiger partial charge in [0.25, 0.3) is 0 Å². The monoisotopic (exact) mass is 1790 g/mol. The number of nitrogens with zero attached hydrogens (tertiary/aromatic N) is 6. The van der Waals surface area contributed by atoms with Gasteiger partial charge in [0.15, 0.2) is 0 Å². The third-order valence-corrected chi connectivity index (χ3v) is 35.9. The minimum Gasteiger partial charge on any atom is -0.368 e. The van der Waals surface area contributed by atoms with E-state index in [1.165, 1.54) is 121 Å². The summed E-state index contributed by atoms with van der Waals surface area (Å²) in [5, 5.41) is 13.3. The summed E-state index contributed by atoms with van der Waals surface area (Å²) in [5.74, 6) is 0. The van der Waals surface area contributed by atoms with Crippen molar-refractivity contribution in [3.63, 3.8) is 0 Å². The summed E-state index contributed by atoms with van der Waals surface area (Å²) in [7, 11) is 13.2. The molecule has 0 N–H and O–H groups in total. The summed E-state index contributed by atoms with van der Waals surface area (Å²) in [5.41, 5.74) is 18.5. The average molecular weight is 1790 g/mol. The minimum absolute atomic E-state index is 0.0478. The Bertz CT molecular complexity index is 5800. The number of aryl methyl sites for hydroxylation is 3. The maximum atomic E-state index is 2.60. The van der Waals surface area contributed by atoms with Crippen molar-refractivity contribution in [2.75, 3.05) is 35.8 Å². The van der Waals surface area contributed by atoms with Gasteiger partial charge in [-0.1, -0.05) is 459 Å². The molecule has 0 amide bonds. The van der Waals surface area contributed by atoms with Crippen LogP contribution in [0.1, 0.15) is 321 Å². The fourth-order valence-corrected chi connectivity index (χ4v) is 23.9. The molecule has 3 aliphatic heterocycles. The molecule has 5 aliphatic rings. The van der Waals surface area contributed by atoms with E-state index in [1.54, 1.807) is 0 Å². The number of benzene rings is 11. The molecule has 6 heterocycles. The summed E-state index contributed by atoms with van der Waals surface area (Å²) in [6.45, 7) is 99.4. The molecule has 11 aromatic carbocycles. The molecule has 14 aromatic rings. The van der Waals surface area contributed by atoms with E-state index in [9.17, 15) is 0 Å². The maximum Gasteiger partial charge on any atom is 0.0526 e. The van der Waals surface area contributed by atoms with E-state index in [2.05, 4.69) is 480 Å². The van der Waals surface area contributed by atoms with E-state index in [1.807, 2.05) is 138 Å². The average Bonchev–Trinajstić information content (AvgIpc) is 1.45. The molecule has 3 aromatic heterocycles. The molecule has 0 bridgehead atoms. The number of anilines is 3. The maximum absolute atomic E-state index is 2.60. The second-order valence-electron chi connectivity index (χ2n) is 39.9. The first-order valence-electron chi connectivity index (χ1n) is 51.4. The smallest absolute Gasteiger partial charge is 0.0526 e. The fraction of sp³-hybridized carbons (Fsp3) is 0.508. The first-order valence-corrected chi connectivity index (χ1v) is 51.4. The van der Waals surface area contributed by atoms with Gasteiger partial charge in [-0.15, -0.1) is 0 Å². The van der Waals surface area contributed by atoms with Gasteiger partial charge in [-0.05, 0) is 170 Å². The number of hydrogen-bond donors (Lipinski definition) is 0. The van der Waals surface area contributed by atoms with E-state index in [0.717, 1.165) is 0 Å². The molecular weight excluding hydrogens is 1600 g/mol. The van der Waals surface area contributed by atoms with Gasteiger partial charge in [-0.25, -0.2) is 0 Å².